The number of hydrogen-bond acceptors (Lipinski definition) is 4. The maximum absolute atomic E-state index is 12.7. The van der Waals surface area contributed by atoms with Crippen molar-refractivity contribution in [3.63, 3.8) is 0 Å². The Bertz CT molecular complexity index is 1080. The molecule has 0 aliphatic carbocycles. The lowest BCUT2D eigenvalue weighted by Crippen LogP contribution is -2.01. The van der Waals surface area contributed by atoms with Crippen molar-refractivity contribution in [3.05, 3.63) is 80.5 Å². The average Bonchev–Trinajstić information content (AvgIpc) is 3.04. The third-order valence-corrected chi connectivity index (χ3v) is 4.00. The fourth-order valence-corrected chi connectivity index (χ4v) is 2.67. The fourth-order valence-electron chi connectivity index (χ4n) is 2.48. The number of allylic oxidation sites excluding steroid dienone is 1. The molecular weight excluding hydrogens is 342 g/mol. The molecule has 0 saturated heterocycles. The van der Waals surface area contributed by atoms with Gasteiger partial charge in [-0.1, -0.05) is 35.9 Å². The maximum Gasteiger partial charge on any atom is 0.288 e. The van der Waals surface area contributed by atoms with E-state index < -0.39 is 10.7 Å². The number of carbonyl (C=O) groups excluding carboxylic acids is 1. The SMILES string of the molecule is N#C/C(=C\c1ccc(Cl)c([N+](=O)[O-])c1)C(=O)c1c[nH]c2ccccc12. The summed E-state index contributed by atoms with van der Waals surface area (Å²) in [5.74, 6) is -0.461. The van der Waals surface area contributed by atoms with Crippen molar-refractivity contribution in [1.29, 1.82) is 5.26 Å². The number of nitrogens with one attached hydrogen (secondary N) is 1. The molecule has 1 N–H and O–H groups in total. The summed E-state index contributed by atoms with van der Waals surface area (Å²) in [6.07, 6.45) is 2.86. The molecule has 0 unspecified atom stereocenters. The van der Waals surface area contributed by atoms with Gasteiger partial charge in [0.05, 0.1) is 4.92 Å². The van der Waals surface area contributed by atoms with Gasteiger partial charge in [0.25, 0.3) is 5.69 Å². The molecule has 25 heavy (non-hydrogen) atoms. The molecular formula is C18H10ClN3O3. The van der Waals surface area contributed by atoms with Gasteiger partial charge in [-0.05, 0) is 23.8 Å². The van der Waals surface area contributed by atoms with E-state index in [0.29, 0.717) is 16.5 Å². The van der Waals surface area contributed by atoms with Gasteiger partial charge in [-0.15, -0.1) is 0 Å². The summed E-state index contributed by atoms with van der Waals surface area (Å²) >= 11 is 5.77. The van der Waals surface area contributed by atoms with Crippen LogP contribution in [0.4, 0.5) is 5.69 Å². The van der Waals surface area contributed by atoms with Gasteiger partial charge < -0.3 is 4.98 Å². The maximum atomic E-state index is 12.7. The van der Waals surface area contributed by atoms with Crippen molar-refractivity contribution in [3.8, 4) is 6.07 Å². The molecule has 3 rings (SSSR count). The van der Waals surface area contributed by atoms with Crippen molar-refractivity contribution >= 4 is 40.1 Å². The third-order valence-electron chi connectivity index (χ3n) is 3.68. The molecule has 0 saturated carbocycles. The molecule has 0 bridgehead atoms. The average molecular weight is 352 g/mol. The zero-order chi connectivity index (χ0) is 18.0. The van der Waals surface area contributed by atoms with Crippen LogP contribution < -0.4 is 0 Å². The van der Waals surface area contributed by atoms with Crippen LogP contribution in [0.2, 0.25) is 5.02 Å². The molecule has 0 aliphatic heterocycles. The number of hydrogen-bond donors (Lipinski definition) is 1. The number of Topliss-reactive ketones (excluding diaryl/α,β-unsaturated/α-hetero) is 1. The lowest BCUT2D eigenvalue weighted by Gasteiger charge is -2.00. The first-order valence-corrected chi connectivity index (χ1v) is 7.55. The summed E-state index contributed by atoms with van der Waals surface area (Å²) in [5.41, 5.74) is 1.09. The third kappa shape index (κ3) is 3.13. The van der Waals surface area contributed by atoms with Gasteiger partial charge in [0.1, 0.15) is 16.7 Å². The molecule has 0 fully saturated rings. The summed E-state index contributed by atoms with van der Waals surface area (Å²) in [5, 5.41) is 21.0. The summed E-state index contributed by atoms with van der Waals surface area (Å²) < 4.78 is 0. The van der Waals surface area contributed by atoms with Crippen molar-refractivity contribution in [2.24, 2.45) is 0 Å². The number of nitro groups is 1. The zero-order valence-corrected chi connectivity index (χ0v) is 13.4. The molecule has 7 heteroatoms. The lowest BCUT2D eigenvalue weighted by molar-refractivity contribution is -0.384. The van der Waals surface area contributed by atoms with E-state index in [4.69, 9.17) is 11.6 Å². The van der Waals surface area contributed by atoms with E-state index in [1.54, 1.807) is 18.3 Å². The lowest BCUT2D eigenvalue weighted by atomic mass is 10.0. The molecule has 1 aromatic heterocycles. The number of H-pyrrole nitrogens is 1. The zero-order valence-electron chi connectivity index (χ0n) is 12.7. The minimum absolute atomic E-state index is 0.0105. The molecule has 0 aliphatic rings. The molecule has 0 atom stereocenters. The highest BCUT2D eigenvalue weighted by molar-refractivity contribution is 6.32. The predicted octanol–water partition coefficient (Wildman–Crippen LogP) is 4.52. The second-order valence-electron chi connectivity index (χ2n) is 5.21. The van der Waals surface area contributed by atoms with Crippen LogP contribution in [-0.2, 0) is 0 Å². The van der Waals surface area contributed by atoms with Gasteiger partial charge in [-0.2, -0.15) is 5.26 Å². The minimum atomic E-state index is -0.618. The number of ketones is 1. The highest BCUT2D eigenvalue weighted by Gasteiger charge is 2.18. The molecule has 3 aromatic rings. The van der Waals surface area contributed by atoms with Crippen molar-refractivity contribution in [1.82, 2.24) is 4.98 Å². The molecule has 0 radical (unpaired) electrons. The molecule has 0 amide bonds. The van der Waals surface area contributed by atoms with E-state index in [0.717, 1.165) is 5.52 Å². The van der Waals surface area contributed by atoms with Crippen molar-refractivity contribution in [2.75, 3.05) is 0 Å². The smallest absolute Gasteiger partial charge is 0.288 e. The molecule has 0 spiro atoms. The Hall–Kier alpha value is -3.43. The first-order valence-electron chi connectivity index (χ1n) is 7.18. The van der Waals surface area contributed by atoms with E-state index in [-0.39, 0.29) is 16.3 Å². The summed E-state index contributed by atoms with van der Waals surface area (Å²) in [6.45, 7) is 0. The summed E-state index contributed by atoms with van der Waals surface area (Å²) in [4.78, 5) is 26.0. The van der Waals surface area contributed by atoms with Crippen LogP contribution in [-0.4, -0.2) is 15.7 Å². The van der Waals surface area contributed by atoms with Gasteiger partial charge >= 0.3 is 0 Å². The highest BCUT2D eigenvalue weighted by atomic mass is 35.5. The monoisotopic (exact) mass is 351 g/mol. The number of carbonyl (C=O) groups is 1. The standard InChI is InChI=1S/C18H10ClN3O3/c19-15-6-5-11(8-17(15)22(24)25)7-12(9-20)18(23)14-10-21-16-4-2-1-3-13(14)16/h1-8,10,21H/b12-7+. The van der Waals surface area contributed by atoms with Gasteiger partial charge in [0.2, 0.25) is 5.78 Å². The number of nitro benzene ring substituents is 1. The number of aromatic nitrogens is 1. The van der Waals surface area contributed by atoms with Crippen LogP contribution in [0.15, 0.2) is 54.2 Å². The van der Waals surface area contributed by atoms with Crippen LogP contribution in [0.1, 0.15) is 15.9 Å². The second kappa shape index (κ2) is 6.59. The largest absolute Gasteiger partial charge is 0.360 e. The normalized spacial score (nSPS) is 11.3. The van der Waals surface area contributed by atoms with E-state index in [1.807, 2.05) is 18.2 Å². The number of benzene rings is 2. The number of aromatic amines is 1. The molecule has 122 valence electrons. The van der Waals surface area contributed by atoms with E-state index in [9.17, 15) is 20.2 Å². The second-order valence-corrected chi connectivity index (χ2v) is 5.62. The van der Waals surface area contributed by atoms with Gasteiger partial charge in [0.15, 0.2) is 0 Å². The number of halogens is 1. The van der Waals surface area contributed by atoms with Crippen LogP contribution >= 0.6 is 11.6 Å². The van der Waals surface area contributed by atoms with Crippen molar-refractivity contribution < 1.29 is 9.72 Å². The number of nitriles is 1. The minimum Gasteiger partial charge on any atom is -0.360 e. The number of rotatable bonds is 4. The van der Waals surface area contributed by atoms with Crippen LogP contribution in [0.25, 0.3) is 17.0 Å². The molecule has 1 heterocycles. The first kappa shape index (κ1) is 16.4. The Morgan fingerprint density at radius 3 is 2.76 bits per heavy atom. The van der Waals surface area contributed by atoms with Crippen LogP contribution in [0.5, 0.6) is 0 Å². The summed E-state index contributed by atoms with van der Waals surface area (Å²) in [6, 6.07) is 13.2. The number of para-hydroxylation sites is 1. The summed E-state index contributed by atoms with van der Waals surface area (Å²) in [7, 11) is 0. The van der Waals surface area contributed by atoms with Gasteiger partial charge in [-0.25, -0.2) is 0 Å². The van der Waals surface area contributed by atoms with Gasteiger partial charge in [0, 0.05) is 28.7 Å². The molecule has 6 nitrogen and oxygen atoms in total. The Labute approximate surface area is 147 Å². The van der Waals surface area contributed by atoms with Crippen molar-refractivity contribution in [2.45, 2.75) is 0 Å². The Morgan fingerprint density at radius 1 is 1.28 bits per heavy atom. The quantitative estimate of drug-likeness (QED) is 0.245. The highest BCUT2D eigenvalue weighted by Crippen LogP contribution is 2.27. The van der Waals surface area contributed by atoms with Crippen LogP contribution in [0, 0.1) is 21.4 Å². The molecule has 2 aromatic carbocycles. The Morgan fingerprint density at radius 2 is 2.04 bits per heavy atom. The first-order chi connectivity index (χ1) is 12.0. The van der Waals surface area contributed by atoms with Gasteiger partial charge in [-0.3, -0.25) is 14.9 Å². The number of nitrogens with zero attached hydrogens (tertiary/aromatic N) is 2. The Kier molecular flexibility index (Phi) is 4.33. The topological polar surface area (TPSA) is 99.8 Å². The fraction of sp³-hybridized carbons (Fsp3) is 0. The van der Waals surface area contributed by atoms with E-state index >= 15 is 0 Å². The van der Waals surface area contributed by atoms with E-state index in [1.165, 1.54) is 24.3 Å². The predicted molar refractivity (Wildman–Crippen MR) is 94.3 cm³/mol. The van der Waals surface area contributed by atoms with E-state index in [2.05, 4.69) is 4.98 Å². The Balaban J connectivity index is 2.04. The number of fused-ring (bicyclic) bond motifs is 1. The van der Waals surface area contributed by atoms with Crippen LogP contribution in [0.3, 0.4) is 0 Å².